The second-order valence-corrected chi connectivity index (χ2v) is 8.32. The fourth-order valence-corrected chi connectivity index (χ4v) is 4.49. The highest BCUT2D eigenvalue weighted by molar-refractivity contribution is 9.10. The summed E-state index contributed by atoms with van der Waals surface area (Å²) in [6.45, 7) is 0.188. The van der Waals surface area contributed by atoms with E-state index in [0.29, 0.717) is 21.6 Å². The second kappa shape index (κ2) is 7.06. The number of benzene rings is 1. The van der Waals surface area contributed by atoms with Gasteiger partial charge < -0.3 is 0 Å². The van der Waals surface area contributed by atoms with Gasteiger partial charge in [-0.2, -0.15) is 0 Å². The van der Waals surface area contributed by atoms with Crippen molar-refractivity contribution in [3.63, 3.8) is 0 Å². The number of thiophene rings is 1. The summed E-state index contributed by atoms with van der Waals surface area (Å²) in [7, 11) is 0. The lowest BCUT2D eigenvalue weighted by Crippen LogP contribution is -2.23. The van der Waals surface area contributed by atoms with Gasteiger partial charge >= 0.3 is 0 Å². The molecule has 4 aromatic heterocycles. The minimum atomic E-state index is -0.179. The van der Waals surface area contributed by atoms with E-state index >= 15 is 0 Å². The lowest BCUT2D eigenvalue weighted by atomic mass is 10.1. The third kappa shape index (κ3) is 3.20. The molecule has 0 fully saturated rings. The van der Waals surface area contributed by atoms with E-state index in [2.05, 4.69) is 25.9 Å². The van der Waals surface area contributed by atoms with Gasteiger partial charge in [0.2, 0.25) is 0 Å². The van der Waals surface area contributed by atoms with Gasteiger partial charge in [0, 0.05) is 27.7 Å². The van der Waals surface area contributed by atoms with Crippen LogP contribution in [0.5, 0.6) is 0 Å². The number of rotatable bonds is 3. The van der Waals surface area contributed by atoms with Crippen LogP contribution in [0.15, 0.2) is 80.5 Å². The van der Waals surface area contributed by atoms with E-state index in [4.69, 9.17) is 0 Å². The Hall–Kier alpha value is -3.10. The van der Waals surface area contributed by atoms with Crippen LogP contribution >= 0.6 is 27.3 Å². The standard InChI is InChI=1S/C21H13BrN4O2S/c22-14-6-4-13(5-7-14)16-11-29-20-19(16)23-12-25(21(20)28)10-15-9-18(27)26-8-2-1-3-17(26)24-15/h1-9,11-12H,10H2. The van der Waals surface area contributed by atoms with E-state index in [-0.39, 0.29) is 17.7 Å². The van der Waals surface area contributed by atoms with Crippen LogP contribution in [-0.4, -0.2) is 18.9 Å². The fourth-order valence-electron chi connectivity index (χ4n) is 3.25. The smallest absolute Gasteiger partial charge is 0.271 e. The lowest BCUT2D eigenvalue weighted by Gasteiger charge is -2.07. The maximum atomic E-state index is 13.0. The SMILES string of the molecule is O=c1c2scc(-c3ccc(Br)cc3)c2ncn1Cc1cc(=O)n2ccccc2n1. The summed E-state index contributed by atoms with van der Waals surface area (Å²) in [6, 6.07) is 14.7. The van der Waals surface area contributed by atoms with Gasteiger partial charge in [-0.15, -0.1) is 11.3 Å². The van der Waals surface area contributed by atoms with Gasteiger partial charge in [0.15, 0.2) is 0 Å². The fraction of sp³-hybridized carbons (Fsp3) is 0.0476. The normalized spacial score (nSPS) is 11.3. The van der Waals surface area contributed by atoms with E-state index in [1.807, 2.05) is 35.7 Å². The minimum absolute atomic E-state index is 0.140. The van der Waals surface area contributed by atoms with E-state index in [9.17, 15) is 9.59 Å². The first-order valence-corrected chi connectivity index (χ1v) is 10.5. The Bertz CT molecular complexity index is 1490. The van der Waals surface area contributed by atoms with Gasteiger partial charge in [-0.25, -0.2) is 9.97 Å². The van der Waals surface area contributed by atoms with Crippen molar-refractivity contribution in [2.45, 2.75) is 6.54 Å². The van der Waals surface area contributed by atoms with Crippen molar-refractivity contribution in [3.8, 4) is 11.1 Å². The Labute approximate surface area is 176 Å². The van der Waals surface area contributed by atoms with Crippen LogP contribution in [0.1, 0.15) is 5.69 Å². The van der Waals surface area contributed by atoms with E-state index in [1.54, 1.807) is 18.3 Å². The molecule has 0 bridgehead atoms. The zero-order valence-electron chi connectivity index (χ0n) is 14.9. The molecular formula is C21H13BrN4O2S. The third-order valence-corrected chi connectivity index (χ3v) is 6.14. The van der Waals surface area contributed by atoms with Crippen LogP contribution in [-0.2, 0) is 6.54 Å². The Morgan fingerprint density at radius 1 is 1.07 bits per heavy atom. The molecule has 0 aliphatic carbocycles. The van der Waals surface area contributed by atoms with Crippen LogP contribution in [0.4, 0.5) is 0 Å². The lowest BCUT2D eigenvalue weighted by molar-refractivity contribution is 0.728. The van der Waals surface area contributed by atoms with Crippen molar-refractivity contribution in [2.75, 3.05) is 0 Å². The number of aromatic nitrogens is 4. The van der Waals surface area contributed by atoms with Crippen LogP contribution in [0, 0.1) is 0 Å². The molecule has 142 valence electrons. The molecule has 6 nitrogen and oxygen atoms in total. The Morgan fingerprint density at radius 3 is 2.72 bits per heavy atom. The molecule has 8 heteroatoms. The Morgan fingerprint density at radius 2 is 1.90 bits per heavy atom. The molecule has 0 radical (unpaired) electrons. The number of pyridine rings is 1. The number of halogens is 1. The first-order valence-electron chi connectivity index (χ1n) is 8.80. The number of hydrogen-bond acceptors (Lipinski definition) is 5. The monoisotopic (exact) mass is 464 g/mol. The first-order chi connectivity index (χ1) is 14.1. The van der Waals surface area contributed by atoms with Crippen molar-refractivity contribution < 1.29 is 0 Å². The number of fused-ring (bicyclic) bond motifs is 2. The molecule has 0 aliphatic rings. The van der Waals surface area contributed by atoms with Crippen molar-refractivity contribution in [1.29, 1.82) is 0 Å². The minimum Gasteiger partial charge on any atom is -0.292 e. The van der Waals surface area contributed by atoms with Gasteiger partial charge in [-0.05, 0) is 29.8 Å². The van der Waals surface area contributed by atoms with E-state index < -0.39 is 0 Å². The molecule has 0 saturated heterocycles. The summed E-state index contributed by atoms with van der Waals surface area (Å²) >= 11 is 4.81. The molecule has 0 amide bonds. The molecule has 4 heterocycles. The summed E-state index contributed by atoms with van der Waals surface area (Å²) < 4.78 is 4.54. The molecule has 5 aromatic rings. The zero-order chi connectivity index (χ0) is 20.0. The molecule has 5 rings (SSSR count). The summed E-state index contributed by atoms with van der Waals surface area (Å²) in [5.41, 5.74) is 3.38. The van der Waals surface area contributed by atoms with Gasteiger partial charge in [0.1, 0.15) is 10.3 Å². The first kappa shape index (κ1) is 18.0. The zero-order valence-corrected chi connectivity index (χ0v) is 17.4. The van der Waals surface area contributed by atoms with Crippen molar-refractivity contribution in [3.05, 3.63) is 97.3 Å². The third-order valence-electron chi connectivity index (χ3n) is 4.66. The maximum Gasteiger partial charge on any atom is 0.271 e. The predicted molar refractivity (Wildman–Crippen MR) is 118 cm³/mol. The highest BCUT2D eigenvalue weighted by atomic mass is 79.9. The summed E-state index contributed by atoms with van der Waals surface area (Å²) in [6.07, 6.45) is 3.19. The molecule has 29 heavy (non-hydrogen) atoms. The highest BCUT2D eigenvalue weighted by Gasteiger charge is 2.13. The maximum absolute atomic E-state index is 13.0. The average Bonchev–Trinajstić information content (AvgIpc) is 3.16. The predicted octanol–water partition coefficient (Wildman–Crippen LogP) is 3.94. The quantitative estimate of drug-likeness (QED) is 0.405. The summed E-state index contributed by atoms with van der Waals surface area (Å²) in [4.78, 5) is 34.3. The molecule has 0 aliphatic heterocycles. The molecule has 0 unspecified atom stereocenters. The van der Waals surface area contributed by atoms with Crippen LogP contribution < -0.4 is 11.1 Å². The molecule has 0 N–H and O–H groups in total. The van der Waals surface area contributed by atoms with Crippen molar-refractivity contribution in [1.82, 2.24) is 18.9 Å². The van der Waals surface area contributed by atoms with Crippen LogP contribution in [0.25, 0.3) is 27.0 Å². The summed E-state index contributed by atoms with van der Waals surface area (Å²) in [5.74, 6) is 0. The molecule has 0 atom stereocenters. The van der Waals surface area contributed by atoms with Gasteiger partial charge in [-0.1, -0.05) is 34.1 Å². The van der Waals surface area contributed by atoms with Crippen molar-refractivity contribution >= 4 is 43.1 Å². The number of nitrogens with zero attached hydrogens (tertiary/aromatic N) is 4. The van der Waals surface area contributed by atoms with Gasteiger partial charge in [-0.3, -0.25) is 18.6 Å². The van der Waals surface area contributed by atoms with Gasteiger partial charge in [0.25, 0.3) is 11.1 Å². The Kier molecular flexibility index (Phi) is 4.37. The van der Waals surface area contributed by atoms with Crippen molar-refractivity contribution in [2.24, 2.45) is 0 Å². The van der Waals surface area contributed by atoms with Crippen LogP contribution in [0.3, 0.4) is 0 Å². The Balaban J connectivity index is 1.57. The number of hydrogen-bond donors (Lipinski definition) is 0. The second-order valence-electron chi connectivity index (χ2n) is 6.53. The molecule has 0 saturated carbocycles. The molecule has 1 aromatic carbocycles. The van der Waals surface area contributed by atoms with Crippen LogP contribution in [0.2, 0.25) is 0 Å². The van der Waals surface area contributed by atoms with E-state index in [1.165, 1.54) is 32.7 Å². The molecule has 0 spiro atoms. The topological polar surface area (TPSA) is 69.3 Å². The average molecular weight is 465 g/mol. The van der Waals surface area contributed by atoms with E-state index in [0.717, 1.165) is 15.6 Å². The van der Waals surface area contributed by atoms with Gasteiger partial charge in [0.05, 0.1) is 24.1 Å². The highest BCUT2D eigenvalue weighted by Crippen LogP contribution is 2.31. The largest absolute Gasteiger partial charge is 0.292 e. The summed E-state index contributed by atoms with van der Waals surface area (Å²) in [5, 5.41) is 1.95. The molecular weight excluding hydrogens is 452 g/mol.